The summed E-state index contributed by atoms with van der Waals surface area (Å²) < 4.78 is 2.49. The standard InChI is InChI=1S/C19H17BrN4O3/c1-2-17(13-3-5-14(20)6-4-13)21-19(25)18-11-12-23(22-18)15-7-9-16(10-8-15)24(26)27/h3-12,17H,2H2,1H3,(H,21,25). The van der Waals surface area contributed by atoms with Gasteiger partial charge in [0, 0.05) is 22.8 Å². The maximum absolute atomic E-state index is 12.6. The molecule has 0 bridgehead atoms. The van der Waals surface area contributed by atoms with Gasteiger partial charge in [-0.05, 0) is 42.3 Å². The van der Waals surface area contributed by atoms with Crippen LogP contribution in [-0.4, -0.2) is 20.6 Å². The summed E-state index contributed by atoms with van der Waals surface area (Å²) in [5.74, 6) is -0.273. The number of rotatable bonds is 6. The summed E-state index contributed by atoms with van der Waals surface area (Å²) in [4.78, 5) is 22.8. The predicted octanol–water partition coefficient (Wildman–Crippen LogP) is 4.42. The average Bonchev–Trinajstić information content (AvgIpc) is 3.17. The van der Waals surface area contributed by atoms with Crippen LogP contribution in [0, 0.1) is 10.1 Å². The van der Waals surface area contributed by atoms with Gasteiger partial charge in [-0.1, -0.05) is 35.0 Å². The molecule has 0 spiro atoms. The van der Waals surface area contributed by atoms with Gasteiger partial charge in [-0.25, -0.2) is 4.68 Å². The zero-order valence-corrected chi connectivity index (χ0v) is 16.1. The SMILES string of the molecule is CCC(NC(=O)c1ccn(-c2ccc([N+](=O)[O-])cc2)n1)c1ccc(Br)cc1. The lowest BCUT2D eigenvalue weighted by Gasteiger charge is -2.16. The molecule has 8 heteroatoms. The molecule has 1 aromatic heterocycles. The van der Waals surface area contributed by atoms with Crippen LogP contribution in [0.15, 0.2) is 65.3 Å². The van der Waals surface area contributed by atoms with Gasteiger partial charge in [0.15, 0.2) is 5.69 Å². The number of hydrogen-bond donors (Lipinski definition) is 1. The number of nitrogens with one attached hydrogen (secondary N) is 1. The van der Waals surface area contributed by atoms with E-state index in [1.54, 1.807) is 24.4 Å². The van der Waals surface area contributed by atoms with Gasteiger partial charge in [0.1, 0.15) is 0 Å². The Morgan fingerprint density at radius 1 is 1.19 bits per heavy atom. The summed E-state index contributed by atoms with van der Waals surface area (Å²) in [5, 5.41) is 18.0. The summed E-state index contributed by atoms with van der Waals surface area (Å²) in [6, 6.07) is 15.3. The second-order valence-corrected chi connectivity index (χ2v) is 6.82. The highest BCUT2D eigenvalue weighted by atomic mass is 79.9. The van der Waals surface area contributed by atoms with Gasteiger partial charge in [0.05, 0.1) is 16.7 Å². The largest absolute Gasteiger partial charge is 0.344 e. The lowest BCUT2D eigenvalue weighted by atomic mass is 10.0. The van der Waals surface area contributed by atoms with Crippen molar-refractivity contribution in [2.45, 2.75) is 19.4 Å². The van der Waals surface area contributed by atoms with E-state index in [2.05, 4.69) is 26.3 Å². The number of amides is 1. The molecule has 27 heavy (non-hydrogen) atoms. The molecule has 1 heterocycles. The Labute approximate surface area is 164 Å². The number of nitrogens with zero attached hydrogens (tertiary/aromatic N) is 3. The molecule has 0 radical (unpaired) electrons. The first-order chi connectivity index (χ1) is 13.0. The first kappa shape index (κ1) is 18.8. The van der Waals surface area contributed by atoms with Crippen molar-refractivity contribution in [3.05, 3.63) is 86.6 Å². The van der Waals surface area contributed by atoms with Crippen molar-refractivity contribution >= 4 is 27.5 Å². The molecule has 0 saturated carbocycles. The van der Waals surface area contributed by atoms with Crippen LogP contribution in [-0.2, 0) is 0 Å². The van der Waals surface area contributed by atoms with Crippen LogP contribution in [0.1, 0.15) is 35.4 Å². The van der Waals surface area contributed by atoms with E-state index in [1.165, 1.54) is 16.8 Å². The Morgan fingerprint density at radius 3 is 2.44 bits per heavy atom. The Hall–Kier alpha value is -3.00. The first-order valence-electron chi connectivity index (χ1n) is 8.34. The number of nitro groups is 1. The van der Waals surface area contributed by atoms with E-state index in [1.807, 2.05) is 31.2 Å². The molecule has 7 nitrogen and oxygen atoms in total. The Balaban J connectivity index is 1.74. The number of nitro benzene ring substituents is 1. The number of halogens is 1. The fourth-order valence-corrected chi connectivity index (χ4v) is 2.93. The molecular formula is C19H17BrN4O3. The molecule has 1 amide bonds. The van der Waals surface area contributed by atoms with E-state index >= 15 is 0 Å². The van der Waals surface area contributed by atoms with Crippen molar-refractivity contribution in [3.8, 4) is 5.69 Å². The van der Waals surface area contributed by atoms with Gasteiger partial charge in [-0.2, -0.15) is 5.10 Å². The van der Waals surface area contributed by atoms with Gasteiger partial charge >= 0.3 is 0 Å². The number of hydrogen-bond acceptors (Lipinski definition) is 4. The van der Waals surface area contributed by atoms with Gasteiger partial charge < -0.3 is 5.32 Å². The highest BCUT2D eigenvalue weighted by Crippen LogP contribution is 2.20. The van der Waals surface area contributed by atoms with E-state index in [0.717, 1.165) is 16.5 Å². The van der Waals surface area contributed by atoms with Crippen molar-refractivity contribution in [1.82, 2.24) is 15.1 Å². The van der Waals surface area contributed by atoms with E-state index in [0.29, 0.717) is 5.69 Å². The van der Waals surface area contributed by atoms with E-state index < -0.39 is 4.92 Å². The fraction of sp³-hybridized carbons (Fsp3) is 0.158. The number of carbonyl (C=O) groups is 1. The van der Waals surface area contributed by atoms with Crippen LogP contribution < -0.4 is 5.32 Å². The second-order valence-electron chi connectivity index (χ2n) is 5.90. The minimum Gasteiger partial charge on any atom is -0.344 e. The summed E-state index contributed by atoms with van der Waals surface area (Å²) in [6.45, 7) is 2.00. The molecule has 1 atom stereocenters. The Kier molecular flexibility index (Phi) is 5.66. The highest BCUT2D eigenvalue weighted by Gasteiger charge is 2.16. The molecule has 0 fully saturated rings. The normalized spacial score (nSPS) is 11.8. The topological polar surface area (TPSA) is 90.1 Å². The quantitative estimate of drug-likeness (QED) is 0.464. The first-order valence-corrected chi connectivity index (χ1v) is 9.14. The average molecular weight is 429 g/mol. The zero-order chi connectivity index (χ0) is 19.4. The summed E-state index contributed by atoms with van der Waals surface area (Å²) in [5.41, 5.74) is 1.94. The van der Waals surface area contributed by atoms with Gasteiger partial charge in [0.25, 0.3) is 11.6 Å². The predicted molar refractivity (Wildman–Crippen MR) is 105 cm³/mol. The minimum absolute atomic E-state index is 0.00385. The molecular weight excluding hydrogens is 412 g/mol. The molecule has 0 aliphatic rings. The Morgan fingerprint density at radius 2 is 1.85 bits per heavy atom. The van der Waals surface area contributed by atoms with Crippen LogP contribution in [0.25, 0.3) is 5.69 Å². The monoisotopic (exact) mass is 428 g/mol. The molecule has 3 rings (SSSR count). The third-order valence-electron chi connectivity index (χ3n) is 4.13. The lowest BCUT2D eigenvalue weighted by Crippen LogP contribution is -2.28. The summed E-state index contributed by atoms with van der Waals surface area (Å²) in [6.07, 6.45) is 2.40. The molecule has 0 saturated heterocycles. The van der Waals surface area contributed by atoms with Gasteiger partial charge in [0.2, 0.25) is 0 Å². The number of non-ortho nitro benzene ring substituents is 1. The smallest absolute Gasteiger partial charge is 0.272 e. The Bertz CT molecular complexity index is 952. The number of benzene rings is 2. The van der Waals surface area contributed by atoms with E-state index in [4.69, 9.17) is 0 Å². The molecule has 2 aromatic carbocycles. The summed E-state index contributed by atoms with van der Waals surface area (Å²) in [7, 11) is 0. The van der Waals surface area contributed by atoms with Crippen molar-refractivity contribution in [2.75, 3.05) is 0 Å². The van der Waals surface area contributed by atoms with Crippen molar-refractivity contribution in [2.24, 2.45) is 0 Å². The van der Waals surface area contributed by atoms with Crippen LogP contribution in [0.3, 0.4) is 0 Å². The molecule has 1 unspecified atom stereocenters. The highest BCUT2D eigenvalue weighted by molar-refractivity contribution is 9.10. The number of carbonyl (C=O) groups excluding carboxylic acids is 1. The molecule has 1 N–H and O–H groups in total. The molecule has 0 aliphatic heterocycles. The molecule has 0 aliphatic carbocycles. The van der Waals surface area contributed by atoms with Crippen LogP contribution in [0.2, 0.25) is 0 Å². The second kappa shape index (κ2) is 8.13. The van der Waals surface area contributed by atoms with E-state index in [9.17, 15) is 14.9 Å². The van der Waals surface area contributed by atoms with Crippen molar-refractivity contribution < 1.29 is 9.72 Å². The third-order valence-corrected chi connectivity index (χ3v) is 4.66. The molecule has 138 valence electrons. The van der Waals surface area contributed by atoms with Crippen molar-refractivity contribution in [3.63, 3.8) is 0 Å². The lowest BCUT2D eigenvalue weighted by molar-refractivity contribution is -0.384. The van der Waals surface area contributed by atoms with Gasteiger partial charge in [-0.15, -0.1) is 0 Å². The van der Waals surface area contributed by atoms with Crippen LogP contribution in [0.5, 0.6) is 0 Å². The van der Waals surface area contributed by atoms with Gasteiger partial charge in [-0.3, -0.25) is 14.9 Å². The van der Waals surface area contributed by atoms with E-state index in [-0.39, 0.29) is 23.3 Å². The molecule has 3 aromatic rings. The third kappa shape index (κ3) is 4.40. The fourth-order valence-electron chi connectivity index (χ4n) is 2.66. The maximum Gasteiger partial charge on any atom is 0.272 e. The van der Waals surface area contributed by atoms with Crippen molar-refractivity contribution in [1.29, 1.82) is 0 Å². The van der Waals surface area contributed by atoms with Crippen LogP contribution >= 0.6 is 15.9 Å². The maximum atomic E-state index is 12.6. The van der Waals surface area contributed by atoms with Crippen LogP contribution in [0.4, 0.5) is 5.69 Å². The zero-order valence-electron chi connectivity index (χ0n) is 14.5. The summed E-state index contributed by atoms with van der Waals surface area (Å²) >= 11 is 3.40. The number of aromatic nitrogens is 2. The minimum atomic E-state index is -0.460.